The van der Waals surface area contributed by atoms with Crippen LogP contribution in [0.5, 0.6) is 0 Å². The molecule has 9 heteroatoms. The minimum absolute atomic E-state index is 0.0709. The second-order valence-electron chi connectivity index (χ2n) is 8.43. The van der Waals surface area contributed by atoms with Crippen molar-refractivity contribution in [3.05, 3.63) is 58.7 Å². The Kier molecular flexibility index (Phi) is 4.78. The van der Waals surface area contributed by atoms with E-state index in [2.05, 4.69) is 15.0 Å². The highest BCUT2D eigenvalue weighted by Crippen LogP contribution is 2.41. The van der Waals surface area contributed by atoms with Crippen LogP contribution in [0, 0.1) is 6.92 Å². The van der Waals surface area contributed by atoms with Gasteiger partial charge in [0.2, 0.25) is 0 Å². The molecule has 0 saturated heterocycles. The van der Waals surface area contributed by atoms with Crippen LogP contribution in [0.3, 0.4) is 0 Å². The Morgan fingerprint density at radius 1 is 1.23 bits per heavy atom. The molecule has 30 heavy (non-hydrogen) atoms. The van der Waals surface area contributed by atoms with Gasteiger partial charge in [-0.05, 0) is 37.5 Å². The molecule has 4 rings (SSSR count). The lowest BCUT2D eigenvalue weighted by atomic mass is 9.85. The smallest absolute Gasteiger partial charge is 0.187 e. The first-order chi connectivity index (χ1) is 14.0. The number of aryl methyl sites for hydroxylation is 1. The number of aliphatic imine (C=N–C) groups is 1. The summed E-state index contributed by atoms with van der Waals surface area (Å²) in [7, 11) is -3.56. The number of nitrogens with zero attached hydrogens (tertiary/aromatic N) is 3. The predicted molar refractivity (Wildman–Crippen MR) is 112 cm³/mol. The van der Waals surface area contributed by atoms with Crippen molar-refractivity contribution in [3.63, 3.8) is 0 Å². The summed E-state index contributed by atoms with van der Waals surface area (Å²) in [6.45, 7) is 5.41. The topological polar surface area (TPSA) is 125 Å². The average molecular weight is 429 g/mol. The molecular weight excluding hydrogens is 404 g/mol. The molecule has 0 amide bonds. The summed E-state index contributed by atoms with van der Waals surface area (Å²) in [6.07, 6.45) is 3.14. The lowest BCUT2D eigenvalue weighted by Gasteiger charge is -2.42. The number of aromatic nitrogens is 2. The van der Waals surface area contributed by atoms with Gasteiger partial charge in [0.25, 0.3) is 0 Å². The molecule has 2 aromatic rings. The molecule has 0 fully saturated rings. The maximum Gasteiger partial charge on any atom is 0.187 e. The number of amidine groups is 1. The van der Waals surface area contributed by atoms with Gasteiger partial charge >= 0.3 is 0 Å². The monoisotopic (exact) mass is 428 g/mol. The Balaban J connectivity index is 1.73. The summed E-state index contributed by atoms with van der Waals surface area (Å²) in [6, 6.07) is 5.55. The zero-order valence-corrected chi connectivity index (χ0v) is 18.0. The average Bonchev–Trinajstić information content (AvgIpc) is 2.67. The molecule has 1 spiro atoms. The van der Waals surface area contributed by atoms with E-state index in [1.807, 2.05) is 18.2 Å². The number of fused-ring (bicyclic) bond motifs is 2. The predicted octanol–water partition coefficient (Wildman–Crippen LogP) is 1.50. The second-order valence-corrected chi connectivity index (χ2v) is 11.0. The number of ketones is 1. The Hall–Kier alpha value is -2.65. The van der Waals surface area contributed by atoms with Crippen LogP contribution in [-0.2, 0) is 33.1 Å². The van der Waals surface area contributed by atoms with Crippen LogP contribution in [0.4, 0.5) is 0 Å². The van der Waals surface area contributed by atoms with Crippen LogP contribution < -0.4 is 5.73 Å². The molecule has 1 aromatic heterocycles. The number of hydrogen-bond acceptors (Lipinski definition) is 8. The van der Waals surface area contributed by atoms with E-state index in [1.54, 1.807) is 27.0 Å². The molecule has 1 atom stereocenters. The van der Waals surface area contributed by atoms with Crippen molar-refractivity contribution in [2.75, 3.05) is 12.4 Å². The third kappa shape index (κ3) is 3.31. The van der Waals surface area contributed by atoms with Crippen molar-refractivity contribution in [1.82, 2.24) is 9.97 Å². The van der Waals surface area contributed by atoms with E-state index in [0.29, 0.717) is 12.3 Å². The minimum Gasteiger partial charge on any atom is -0.386 e. The van der Waals surface area contributed by atoms with Gasteiger partial charge in [-0.3, -0.25) is 14.8 Å². The van der Waals surface area contributed by atoms with E-state index in [9.17, 15) is 13.2 Å². The number of carbonyl (C=O) groups is 1. The first-order valence-electron chi connectivity index (χ1n) is 9.64. The molecule has 0 saturated carbocycles. The molecule has 2 N–H and O–H groups in total. The van der Waals surface area contributed by atoms with Gasteiger partial charge in [0, 0.05) is 12.6 Å². The molecule has 8 nitrogen and oxygen atoms in total. The van der Waals surface area contributed by atoms with E-state index in [0.717, 1.165) is 22.4 Å². The first-order valence-corrected chi connectivity index (χ1v) is 11.3. The van der Waals surface area contributed by atoms with Crippen LogP contribution in [0.2, 0.25) is 0 Å². The van der Waals surface area contributed by atoms with Crippen molar-refractivity contribution < 1.29 is 17.9 Å². The normalized spacial score (nSPS) is 24.2. The number of carbonyl (C=O) groups excluding carboxylic acids is 1. The van der Waals surface area contributed by atoms with Gasteiger partial charge in [0.15, 0.2) is 15.6 Å². The maximum atomic E-state index is 13.0. The quantitative estimate of drug-likeness (QED) is 0.735. The second kappa shape index (κ2) is 6.95. The SMILES string of the molecule is Cc1cnc(C(=O)Cc2ccc3c(c2)[C@]2(COC3)CS(=O)(=O)C(C)(C)C(N)=N2)cn1. The molecule has 0 bridgehead atoms. The fourth-order valence-corrected chi connectivity index (χ4v) is 5.43. The van der Waals surface area contributed by atoms with Crippen molar-refractivity contribution in [2.24, 2.45) is 10.7 Å². The highest BCUT2D eigenvalue weighted by molar-refractivity contribution is 7.93. The highest BCUT2D eigenvalue weighted by Gasteiger charge is 2.52. The van der Waals surface area contributed by atoms with Gasteiger partial charge in [-0.25, -0.2) is 13.4 Å². The van der Waals surface area contributed by atoms with E-state index < -0.39 is 20.1 Å². The molecule has 3 heterocycles. The number of sulfone groups is 1. The Morgan fingerprint density at radius 2 is 2.00 bits per heavy atom. The molecule has 0 radical (unpaired) electrons. The maximum absolute atomic E-state index is 13.0. The van der Waals surface area contributed by atoms with Gasteiger partial charge in [-0.2, -0.15) is 0 Å². The molecule has 2 aliphatic rings. The molecule has 1 aromatic carbocycles. The molecule has 2 aliphatic heterocycles. The van der Waals surface area contributed by atoms with Crippen molar-refractivity contribution in [2.45, 2.75) is 44.1 Å². The summed E-state index contributed by atoms with van der Waals surface area (Å²) in [5.74, 6) is -0.285. The zero-order valence-electron chi connectivity index (χ0n) is 17.2. The molecule has 0 unspecified atom stereocenters. The van der Waals surface area contributed by atoms with E-state index >= 15 is 0 Å². The fraction of sp³-hybridized carbons (Fsp3) is 0.429. The van der Waals surface area contributed by atoms with Crippen LogP contribution in [0.15, 0.2) is 35.6 Å². The van der Waals surface area contributed by atoms with Crippen LogP contribution in [0.25, 0.3) is 0 Å². The first kappa shape index (κ1) is 20.6. The molecule has 0 aliphatic carbocycles. The molecular formula is C21H24N4O4S. The Morgan fingerprint density at radius 3 is 2.67 bits per heavy atom. The third-order valence-electron chi connectivity index (χ3n) is 5.86. The number of nitrogens with two attached hydrogens (primary N) is 1. The number of ether oxygens (including phenoxy) is 1. The third-order valence-corrected chi connectivity index (χ3v) is 8.48. The lowest BCUT2D eigenvalue weighted by Crippen LogP contribution is -2.57. The fourth-order valence-electron chi connectivity index (χ4n) is 3.78. The van der Waals surface area contributed by atoms with E-state index in [4.69, 9.17) is 10.5 Å². The van der Waals surface area contributed by atoms with E-state index in [1.165, 1.54) is 6.20 Å². The summed E-state index contributed by atoms with van der Waals surface area (Å²) >= 11 is 0. The number of benzene rings is 1. The van der Waals surface area contributed by atoms with Crippen LogP contribution >= 0.6 is 0 Å². The largest absolute Gasteiger partial charge is 0.386 e. The highest BCUT2D eigenvalue weighted by atomic mass is 32.2. The Bertz CT molecular complexity index is 1160. The van der Waals surface area contributed by atoms with Gasteiger partial charge < -0.3 is 10.5 Å². The zero-order chi connectivity index (χ0) is 21.7. The standard InChI is InChI=1S/C21H24N4O4S/c1-13-8-24-17(9-23-13)18(26)7-14-4-5-15-10-29-11-21(16(15)6-14)12-30(27,28)20(2,3)19(22)25-21/h4-6,8-9H,7,10-12H2,1-3H3,(H2,22,25)/t21-/m0/s1. The molecule has 158 valence electrons. The summed E-state index contributed by atoms with van der Waals surface area (Å²) in [5.41, 5.74) is 8.37. The summed E-state index contributed by atoms with van der Waals surface area (Å²) in [4.78, 5) is 25.5. The number of hydrogen-bond donors (Lipinski definition) is 1. The van der Waals surface area contributed by atoms with Crippen LogP contribution in [-0.4, -0.2) is 47.1 Å². The van der Waals surface area contributed by atoms with Crippen molar-refractivity contribution >= 4 is 21.5 Å². The van der Waals surface area contributed by atoms with E-state index in [-0.39, 0.29) is 30.4 Å². The van der Waals surface area contributed by atoms with Gasteiger partial charge in [0.05, 0.1) is 30.9 Å². The number of rotatable bonds is 3. The van der Waals surface area contributed by atoms with Gasteiger partial charge in [-0.15, -0.1) is 0 Å². The van der Waals surface area contributed by atoms with Crippen molar-refractivity contribution in [3.8, 4) is 0 Å². The van der Waals surface area contributed by atoms with Gasteiger partial charge in [0.1, 0.15) is 21.8 Å². The summed E-state index contributed by atoms with van der Waals surface area (Å²) < 4.78 is 30.4. The minimum atomic E-state index is -3.56. The lowest BCUT2D eigenvalue weighted by molar-refractivity contribution is 0.0609. The summed E-state index contributed by atoms with van der Waals surface area (Å²) in [5, 5.41) is 0. The Labute approximate surface area is 175 Å². The van der Waals surface area contributed by atoms with Crippen molar-refractivity contribution in [1.29, 1.82) is 0 Å². The van der Waals surface area contributed by atoms with Gasteiger partial charge in [-0.1, -0.05) is 18.2 Å². The number of Topliss-reactive ketones (excluding diaryl/α,β-unsaturated/α-hetero) is 1. The van der Waals surface area contributed by atoms with Crippen LogP contribution in [0.1, 0.15) is 46.7 Å².